The summed E-state index contributed by atoms with van der Waals surface area (Å²) in [5.74, 6) is -0.0934. The van der Waals surface area contributed by atoms with Crippen molar-refractivity contribution in [3.8, 4) is 0 Å². The zero-order valence-corrected chi connectivity index (χ0v) is 13.1. The monoisotopic (exact) mass is 338 g/mol. The Morgan fingerprint density at radius 2 is 2.00 bits per heavy atom. The molecular formula is C15H19BrN2O2. The normalized spacial score (nSPS) is 15.1. The summed E-state index contributed by atoms with van der Waals surface area (Å²) in [7, 11) is 0. The fourth-order valence-corrected chi connectivity index (χ4v) is 2.94. The largest absolute Gasteiger partial charge is 0.347 e. The van der Waals surface area contributed by atoms with Crippen LogP contribution in [0.3, 0.4) is 0 Å². The molecule has 0 aromatic heterocycles. The van der Waals surface area contributed by atoms with Crippen molar-refractivity contribution < 1.29 is 9.59 Å². The molecule has 1 aliphatic carbocycles. The Bertz CT molecular complexity index is 511. The van der Waals surface area contributed by atoms with Gasteiger partial charge in [0.1, 0.15) is 0 Å². The lowest BCUT2D eigenvalue weighted by atomic mass is 10.1. The van der Waals surface area contributed by atoms with E-state index in [0.717, 1.165) is 41.4 Å². The summed E-state index contributed by atoms with van der Waals surface area (Å²) in [6.45, 7) is 1.96. The highest BCUT2D eigenvalue weighted by molar-refractivity contribution is 9.10. The molecule has 1 saturated carbocycles. The third kappa shape index (κ3) is 4.07. The predicted octanol–water partition coefficient (Wildman–Crippen LogP) is 3.00. The summed E-state index contributed by atoms with van der Waals surface area (Å²) >= 11 is 3.38. The van der Waals surface area contributed by atoms with E-state index in [0.29, 0.717) is 0 Å². The van der Waals surface area contributed by atoms with Crippen LogP contribution in [0.1, 0.15) is 31.2 Å². The van der Waals surface area contributed by atoms with Crippen LogP contribution in [0.5, 0.6) is 0 Å². The average molecular weight is 339 g/mol. The molecule has 1 fully saturated rings. The van der Waals surface area contributed by atoms with Gasteiger partial charge in [0.25, 0.3) is 0 Å². The van der Waals surface area contributed by atoms with Crippen LogP contribution in [-0.4, -0.2) is 18.4 Å². The van der Waals surface area contributed by atoms with Gasteiger partial charge in [0, 0.05) is 16.1 Å². The van der Waals surface area contributed by atoms with Crippen LogP contribution < -0.4 is 10.6 Å². The molecule has 2 rings (SSSR count). The van der Waals surface area contributed by atoms with E-state index in [1.54, 1.807) is 0 Å². The minimum absolute atomic E-state index is 0.00479. The Labute approximate surface area is 127 Å². The van der Waals surface area contributed by atoms with E-state index in [-0.39, 0.29) is 24.3 Å². The lowest BCUT2D eigenvalue weighted by Crippen LogP contribution is -2.36. The van der Waals surface area contributed by atoms with Crippen LogP contribution in [0, 0.1) is 12.8 Å². The number of anilines is 1. The number of benzene rings is 1. The van der Waals surface area contributed by atoms with Crippen molar-refractivity contribution in [2.45, 2.75) is 32.6 Å². The Kier molecular flexibility index (Phi) is 5.17. The number of carbonyl (C=O) groups is 2. The van der Waals surface area contributed by atoms with E-state index in [2.05, 4.69) is 26.6 Å². The second-order valence-electron chi connectivity index (χ2n) is 5.21. The molecule has 0 bridgehead atoms. The van der Waals surface area contributed by atoms with Gasteiger partial charge in [-0.25, -0.2) is 0 Å². The molecule has 1 aromatic carbocycles. The number of hydrogen-bond donors (Lipinski definition) is 2. The molecule has 4 nitrogen and oxygen atoms in total. The van der Waals surface area contributed by atoms with Gasteiger partial charge in [-0.3, -0.25) is 9.59 Å². The summed E-state index contributed by atoms with van der Waals surface area (Å²) < 4.78 is 0.975. The van der Waals surface area contributed by atoms with E-state index < -0.39 is 0 Å². The number of halogens is 1. The molecule has 0 spiro atoms. The van der Waals surface area contributed by atoms with Gasteiger partial charge in [0.15, 0.2) is 0 Å². The topological polar surface area (TPSA) is 58.2 Å². The van der Waals surface area contributed by atoms with Crippen molar-refractivity contribution in [1.29, 1.82) is 0 Å². The second kappa shape index (κ2) is 6.88. The van der Waals surface area contributed by atoms with Crippen LogP contribution in [0.15, 0.2) is 22.7 Å². The lowest BCUT2D eigenvalue weighted by molar-refractivity contribution is -0.127. The third-order valence-corrected chi connectivity index (χ3v) is 4.10. The summed E-state index contributed by atoms with van der Waals surface area (Å²) in [5.41, 5.74) is 1.75. The molecule has 1 aromatic rings. The molecule has 2 N–H and O–H groups in total. The molecule has 0 unspecified atom stereocenters. The van der Waals surface area contributed by atoms with Crippen molar-refractivity contribution in [1.82, 2.24) is 5.32 Å². The van der Waals surface area contributed by atoms with Gasteiger partial charge in [0.2, 0.25) is 11.8 Å². The minimum atomic E-state index is -0.193. The standard InChI is InChI=1S/C15H19BrN2O2/c1-10-8-12(16)6-7-13(10)18-14(19)9-17-15(20)11-4-2-3-5-11/h6-8,11H,2-5,9H2,1H3,(H,17,20)(H,18,19). The third-order valence-electron chi connectivity index (χ3n) is 3.61. The van der Waals surface area contributed by atoms with E-state index >= 15 is 0 Å². The molecule has 0 atom stereocenters. The van der Waals surface area contributed by atoms with Crippen LogP contribution in [0.4, 0.5) is 5.69 Å². The first-order valence-corrected chi connectivity index (χ1v) is 7.69. The highest BCUT2D eigenvalue weighted by Crippen LogP contribution is 2.24. The second-order valence-corrected chi connectivity index (χ2v) is 6.12. The highest BCUT2D eigenvalue weighted by atomic mass is 79.9. The van der Waals surface area contributed by atoms with Crippen LogP contribution >= 0.6 is 15.9 Å². The Hall–Kier alpha value is -1.36. The fourth-order valence-electron chi connectivity index (χ4n) is 2.46. The number of aryl methyl sites for hydroxylation is 1. The van der Waals surface area contributed by atoms with Gasteiger partial charge in [-0.05, 0) is 43.5 Å². The number of rotatable bonds is 4. The SMILES string of the molecule is Cc1cc(Br)ccc1NC(=O)CNC(=O)C1CCCC1. The number of amides is 2. The molecule has 0 saturated heterocycles. The lowest BCUT2D eigenvalue weighted by Gasteiger charge is -2.12. The molecule has 108 valence electrons. The van der Waals surface area contributed by atoms with E-state index in [4.69, 9.17) is 0 Å². The van der Waals surface area contributed by atoms with Gasteiger partial charge in [-0.1, -0.05) is 28.8 Å². The zero-order valence-electron chi connectivity index (χ0n) is 11.5. The van der Waals surface area contributed by atoms with Gasteiger partial charge in [-0.15, -0.1) is 0 Å². The predicted molar refractivity (Wildman–Crippen MR) is 82.5 cm³/mol. The van der Waals surface area contributed by atoms with Crippen molar-refractivity contribution in [3.05, 3.63) is 28.2 Å². The molecule has 20 heavy (non-hydrogen) atoms. The van der Waals surface area contributed by atoms with E-state index in [9.17, 15) is 9.59 Å². The molecule has 2 amide bonds. The molecule has 0 aliphatic heterocycles. The van der Waals surface area contributed by atoms with Crippen molar-refractivity contribution in [3.63, 3.8) is 0 Å². The maximum Gasteiger partial charge on any atom is 0.243 e. The van der Waals surface area contributed by atoms with Gasteiger partial charge in [0.05, 0.1) is 6.54 Å². The van der Waals surface area contributed by atoms with Crippen molar-refractivity contribution in [2.24, 2.45) is 5.92 Å². The Morgan fingerprint density at radius 1 is 1.30 bits per heavy atom. The Morgan fingerprint density at radius 3 is 2.65 bits per heavy atom. The number of carbonyl (C=O) groups excluding carboxylic acids is 2. The number of nitrogens with one attached hydrogen (secondary N) is 2. The molecule has 5 heteroatoms. The average Bonchev–Trinajstić information content (AvgIpc) is 2.93. The first-order valence-electron chi connectivity index (χ1n) is 6.90. The van der Waals surface area contributed by atoms with E-state index in [1.165, 1.54) is 0 Å². The summed E-state index contributed by atoms with van der Waals surface area (Å²) in [6, 6.07) is 5.66. The van der Waals surface area contributed by atoms with Crippen LogP contribution in [0.2, 0.25) is 0 Å². The maximum atomic E-state index is 11.8. The van der Waals surface area contributed by atoms with E-state index in [1.807, 2.05) is 25.1 Å². The maximum absolute atomic E-state index is 11.8. The smallest absolute Gasteiger partial charge is 0.243 e. The van der Waals surface area contributed by atoms with Crippen LogP contribution in [-0.2, 0) is 9.59 Å². The van der Waals surface area contributed by atoms with Crippen molar-refractivity contribution >= 4 is 33.4 Å². The molecule has 1 aliphatic rings. The molecular weight excluding hydrogens is 320 g/mol. The van der Waals surface area contributed by atoms with Crippen molar-refractivity contribution in [2.75, 3.05) is 11.9 Å². The van der Waals surface area contributed by atoms with Gasteiger partial charge in [-0.2, -0.15) is 0 Å². The number of hydrogen-bond acceptors (Lipinski definition) is 2. The van der Waals surface area contributed by atoms with Gasteiger partial charge < -0.3 is 10.6 Å². The first kappa shape index (κ1) is 15.0. The molecule has 0 heterocycles. The highest BCUT2D eigenvalue weighted by Gasteiger charge is 2.22. The fraction of sp³-hybridized carbons (Fsp3) is 0.467. The van der Waals surface area contributed by atoms with Crippen LogP contribution in [0.25, 0.3) is 0 Å². The zero-order chi connectivity index (χ0) is 14.5. The summed E-state index contributed by atoms with van der Waals surface area (Å²) in [4.78, 5) is 23.6. The quantitative estimate of drug-likeness (QED) is 0.886. The molecule has 0 radical (unpaired) electrons. The van der Waals surface area contributed by atoms with Gasteiger partial charge >= 0.3 is 0 Å². The minimum Gasteiger partial charge on any atom is -0.347 e. The Balaban J connectivity index is 1.81. The summed E-state index contributed by atoms with van der Waals surface area (Å²) in [5, 5.41) is 5.52. The first-order chi connectivity index (χ1) is 9.56. The summed E-state index contributed by atoms with van der Waals surface area (Å²) in [6.07, 6.45) is 4.11.